The summed E-state index contributed by atoms with van der Waals surface area (Å²) in [5, 5.41) is 0. The standard InChI is InChI=1S/C11H10BrFOS/c1-15-9-5-7(12)4-8(10(9)13)11(14)6-2-3-6/h4-6H,2-3H2,1H3. The van der Waals surface area contributed by atoms with Gasteiger partial charge in [-0.05, 0) is 31.2 Å². The predicted octanol–water partition coefficient (Wildman–Crippen LogP) is 3.90. The first-order valence-electron chi connectivity index (χ1n) is 4.70. The molecule has 0 amide bonds. The molecule has 0 heterocycles. The Morgan fingerprint density at radius 3 is 2.73 bits per heavy atom. The van der Waals surface area contributed by atoms with Crippen molar-refractivity contribution in [2.75, 3.05) is 6.26 Å². The van der Waals surface area contributed by atoms with Gasteiger partial charge in [0.05, 0.1) is 5.56 Å². The van der Waals surface area contributed by atoms with Gasteiger partial charge in [0.2, 0.25) is 0 Å². The molecule has 1 aromatic carbocycles. The number of carbonyl (C=O) groups excluding carboxylic acids is 1. The van der Waals surface area contributed by atoms with Gasteiger partial charge >= 0.3 is 0 Å². The molecular weight excluding hydrogens is 279 g/mol. The van der Waals surface area contributed by atoms with Crippen molar-refractivity contribution >= 4 is 33.5 Å². The highest BCUT2D eigenvalue weighted by molar-refractivity contribution is 9.10. The van der Waals surface area contributed by atoms with E-state index in [-0.39, 0.29) is 23.1 Å². The lowest BCUT2D eigenvalue weighted by Crippen LogP contribution is -2.05. The van der Waals surface area contributed by atoms with Crippen LogP contribution in [0.4, 0.5) is 4.39 Å². The smallest absolute Gasteiger partial charge is 0.168 e. The number of hydrogen-bond donors (Lipinski definition) is 0. The van der Waals surface area contributed by atoms with Crippen molar-refractivity contribution in [1.82, 2.24) is 0 Å². The van der Waals surface area contributed by atoms with E-state index in [1.807, 2.05) is 0 Å². The van der Waals surface area contributed by atoms with Gasteiger partial charge in [-0.25, -0.2) is 4.39 Å². The molecule has 1 aromatic rings. The van der Waals surface area contributed by atoms with Crippen LogP contribution < -0.4 is 0 Å². The Morgan fingerprint density at radius 2 is 2.20 bits per heavy atom. The molecule has 1 aliphatic rings. The quantitative estimate of drug-likeness (QED) is 0.620. The minimum absolute atomic E-state index is 0.0518. The molecule has 0 N–H and O–H groups in total. The summed E-state index contributed by atoms with van der Waals surface area (Å²) in [6.45, 7) is 0. The Labute approximate surface area is 101 Å². The average Bonchev–Trinajstić information content (AvgIpc) is 3.03. The van der Waals surface area contributed by atoms with E-state index in [4.69, 9.17) is 0 Å². The first-order chi connectivity index (χ1) is 7.13. The van der Waals surface area contributed by atoms with E-state index >= 15 is 0 Å². The molecule has 1 aliphatic carbocycles. The van der Waals surface area contributed by atoms with Gasteiger partial charge in [0.15, 0.2) is 5.78 Å². The molecule has 0 saturated heterocycles. The van der Waals surface area contributed by atoms with Crippen LogP contribution in [-0.2, 0) is 0 Å². The molecule has 15 heavy (non-hydrogen) atoms. The van der Waals surface area contributed by atoms with E-state index in [2.05, 4.69) is 15.9 Å². The number of Topliss-reactive ketones (excluding diaryl/α,β-unsaturated/α-hetero) is 1. The number of thioether (sulfide) groups is 1. The molecular formula is C11H10BrFOS. The second kappa shape index (κ2) is 4.26. The topological polar surface area (TPSA) is 17.1 Å². The summed E-state index contributed by atoms with van der Waals surface area (Å²) < 4.78 is 14.6. The second-order valence-electron chi connectivity index (χ2n) is 3.61. The highest BCUT2D eigenvalue weighted by Crippen LogP contribution is 2.35. The van der Waals surface area contributed by atoms with Gasteiger partial charge < -0.3 is 0 Å². The molecule has 0 spiro atoms. The third-order valence-electron chi connectivity index (χ3n) is 2.44. The van der Waals surface area contributed by atoms with Crippen LogP contribution in [0, 0.1) is 11.7 Å². The van der Waals surface area contributed by atoms with E-state index in [0.717, 1.165) is 17.3 Å². The van der Waals surface area contributed by atoms with Crippen LogP contribution in [0.5, 0.6) is 0 Å². The Bertz CT molecular complexity index is 415. The van der Waals surface area contributed by atoms with E-state index in [1.54, 1.807) is 18.4 Å². The lowest BCUT2D eigenvalue weighted by atomic mass is 10.1. The number of ketones is 1. The van der Waals surface area contributed by atoms with Gasteiger partial charge in [-0.1, -0.05) is 15.9 Å². The zero-order chi connectivity index (χ0) is 11.0. The van der Waals surface area contributed by atoms with Crippen molar-refractivity contribution in [2.24, 2.45) is 5.92 Å². The maximum atomic E-state index is 13.8. The Morgan fingerprint density at radius 1 is 1.53 bits per heavy atom. The number of carbonyl (C=O) groups is 1. The lowest BCUT2D eigenvalue weighted by molar-refractivity contribution is 0.0963. The monoisotopic (exact) mass is 288 g/mol. The van der Waals surface area contributed by atoms with Gasteiger partial charge in [-0.15, -0.1) is 11.8 Å². The van der Waals surface area contributed by atoms with Crippen LogP contribution in [0.25, 0.3) is 0 Å². The van der Waals surface area contributed by atoms with Crippen molar-refractivity contribution < 1.29 is 9.18 Å². The maximum absolute atomic E-state index is 13.8. The highest BCUT2D eigenvalue weighted by atomic mass is 79.9. The second-order valence-corrected chi connectivity index (χ2v) is 5.37. The summed E-state index contributed by atoms with van der Waals surface area (Å²) in [6, 6.07) is 3.28. The van der Waals surface area contributed by atoms with Crippen LogP contribution in [0.1, 0.15) is 23.2 Å². The van der Waals surface area contributed by atoms with Crippen molar-refractivity contribution in [3.05, 3.63) is 28.0 Å². The van der Waals surface area contributed by atoms with E-state index < -0.39 is 0 Å². The zero-order valence-electron chi connectivity index (χ0n) is 8.22. The Kier molecular flexibility index (Phi) is 3.16. The first-order valence-corrected chi connectivity index (χ1v) is 6.72. The van der Waals surface area contributed by atoms with Crippen molar-refractivity contribution in [3.8, 4) is 0 Å². The van der Waals surface area contributed by atoms with Crippen LogP contribution in [0.2, 0.25) is 0 Å². The first kappa shape index (κ1) is 11.1. The molecule has 0 atom stereocenters. The van der Waals surface area contributed by atoms with Crippen molar-refractivity contribution in [2.45, 2.75) is 17.7 Å². The summed E-state index contributed by atoms with van der Waals surface area (Å²) in [5.41, 5.74) is 0.233. The molecule has 0 radical (unpaired) electrons. The predicted molar refractivity (Wildman–Crippen MR) is 62.9 cm³/mol. The fourth-order valence-corrected chi connectivity index (χ4v) is 2.60. The molecule has 2 rings (SSSR count). The molecule has 80 valence electrons. The minimum Gasteiger partial charge on any atom is -0.294 e. The highest BCUT2D eigenvalue weighted by Gasteiger charge is 2.32. The summed E-state index contributed by atoms with van der Waals surface area (Å²) in [7, 11) is 0. The van der Waals surface area contributed by atoms with Crippen molar-refractivity contribution in [1.29, 1.82) is 0 Å². The fraction of sp³-hybridized carbons (Fsp3) is 0.364. The Balaban J connectivity index is 2.44. The Hall–Kier alpha value is -0.350. The largest absolute Gasteiger partial charge is 0.294 e. The number of rotatable bonds is 3. The molecule has 0 aromatic heterocycles. The normalized spacial score (nSPS) is 15.4. The average molecular weight is 289 g/mol. The molecule has 1 fully saturated rings. The molecule has 0 aliphatic heterocycles. The number of benzene rings is 1. The minimum atomic E-state index is -0.373. The van der Waals surface area contributed by atoms with E-state index in [1.165, 1.54) is 11.8 Å². The fourth-order valence-electron chi connectivity index (χ4n) is 1.46. The third-order valence-corrected chi connectivity index (χ3v) is 3.63. The maximum Gasteiger partial charge on any atom is 0.168 e. The zero-order valence-corrected chi connectivity index (χ0v) is 10.6. The van der Waals surface area contributed by atoms with Gasteiger partial charge in [0.25, 0.3) is 0 Å². The summed E-state index contributed by atoms with van der Waals surface area (Å²) in [6.07, 6.45) is 3.61. The molecule has 0 unspecified atom stereocenters. The van der Waals surface area contributed by atoms with E-state index in [0.29, 0.717) is 4.90 Å². The summed E-state index contributed by atoms with van der Waals surface area (Å²) in [5.74, 6) is -0.366. The molecule has 1 nitrogen and oxygen atoms in total. The van der Waals surface area contributed by atoms with Crippen LogP contribution in [0.15, 0.2) is 21.5 Å². The molecule has 4 heteroatoms. The summed E-state index contributed by atoms with van der Waals surface area (Å²) in [4.78, 5) is 12.3. The van der Waals surface area contributed by atoms with E-state index in [9.17, 15) is 9.18 Å². The lowest BCUT2D eigenvalue weighted by Gasteiger charge is -2.06. The van der Waals surface area contributed by atoms with Gasteiger partial charge in [-0.2, -0.15) is 0 Å². The van der Waals surface area contributed by atoms with Crippen molar-refractivity contribution in [3.63, 3.8) is 0 Å². The van der Waals surface area contributed by atoms with Crippen LogP contribution >= 0.6 is 27.7 Å². The SMILES string of the molecule is CSc1cc(Br)cc(C(=O)C2CC2)c1F. The number of halogens is 2. The third kappa shape index (κ3) is 2.26. The van der Waals surface area contributed by atoms with Crippen LogP contribution in [-0.4, -0.2) is 12.0 Å². The molecule has 0 bridgehead atoms. The summed E-state index contributed by atoms with van der Waals surface area (Å²) >= 11 is 4.61. The van der Waals surface area contributed by atoms with Gasteiger partial charge in [0, 0.05) is 15.3 Å². The number of hydrogen-bond acceptors (Lipinski definition) is 2. The van der Waals surface area contributed by atoms with Gasteiger partial charge in [0.1, 0.15) is 5.82 Å². The molecule has 1 saturated carbocycles. The van der Waals surface area contributed by atoms with Crippen LogP contribution in [0.3, 0.4) is 0 Å². The van der Waals surface area contributed by atoms with Gasteiger partial charge in [-0.3, -0.25) is 4.79 Å².